The van der Waals surface area contributed by atoms with Crippen molar-refractivity contribution < 1.29 is 17.1 Å². The molecule has 2 aromatic rings. The van der Waals surface area contributed by atoms with Crippen LogP contribution in [0.1, 0.15) is 55.6 Å². The molecule has 0 N–H and O–H groups in total. The van der Waals surface area contributed by atoms with Gasteiger partial charge in [0.2, 0.25) is 0 Å². The van der Waals surface area contributed by atoms with Gasteiger partial charge in [0.05, 0.1) is 0 Å². The molecule has 0 spiro atoms. The maximum absolute atomic E-state index is 2.20. The van der Waals surface area contributed by atoms with E-state index in [-0.39, 0.29) is 17.1 Å². The molecule has 0 aromatic heterocycles. The van der Waals surface area contributed by atoms with Crippen molar-refractivity contribution in [2.24, 2.45) is 0 Å². The molecule has 0 saturated carbocycles. The van der Waals surface area contributed by atoms with E-state index < -0.39 is 0 Å². The van der Waals surface area contributed by atoms with Crippen molar-refractivity contribution in [2.45, 2.75) is 69.2 Å². The summed E-state index contributed by atoms with van der Waals surface area (Å²) in [4.78, 5) is 0. The van der Waals surface area contributed by atoms with Crippen molar-refractivity contribution in [2.75, 3.05) is 0 Å². The zero-order valence-electron chi connectivity index (χ0n) is 15.4. The summed E-state index contributed by atoms with van der Waals surface area (Å²) in [6.45, 7) is 22.0. The molecule has 1 heteroatoms. The zero-order chi connectivity index (χ0) is 15.8. The molecule has 0 fully saturated rings. The standard InChI is InChI=1S/2C10H15.Fe/c2*1-6-7(2)9(4)10(5)8(6)3;/h2*1-5H3;/q2*-1;+2. The van der Waals surface area contributed by atoms with E-state index in [0.717, 1.165) is 0 Å². The first-order valence-corrected chi connectivity index (χ1v) is 7.50. The molecule has 0 atom stereocenters. The first kappa shape index (κ1) is 20.2. The van der Waals surface area contributed by atoms with Gasteiger partial charge in [-0.15, -0.1) is 0 Å². The molecule has 2 rings (SSSR count). The SMILES string of the molecule is Cc1c(C)c(C)[c-](C)c1C.Cc1c(C)c(C)[c-](C)c1C.[Fe+2]. The third-order valence-electron chi connectivity index (χ3n) is 5.62. The molecule has 0 saturated heterocycles. The molecule has 0 heterocycles. The van der Waals surface area contributed by atoms with Crippen LogP contribution in [0.5, 0.6) is 0 Å². The second-order valence-electron chi connectivity index (χ2n) is 6.25. The predicted molar refractivity (Wildman–Crippen MR) is 91.4 cm³/mol. The third-order valence-corrected chi connectivity index (χ3v) is 5.62. The summed E-state index contributed by atoms with van der Waals surface area (Å²) < 4.78 is 0. The van der Waals surface area contributed by atoms with E-state index in [1.165, 1.54) is 55.6 Å². The maximum atomic E-state index is 2.20. The van der Waals surface area contributed by atoms with Gasteiger partial charge in [-0.3, -0.25) is 0 Å². The average Bonchev–Trinajstić information content (AvgIpc) is 2.71. The van der Waals surface area contributed by atoms with Crippen LogP contribution in [0.4, 0.5) is 0 Å². The summed E-state index contributed by atoms with van der Waals surface area (Å²) in [7, 11) is 0. The van der Waals surface area contributed by atoms with Crippen molar-refractivity contribution in [1.82, 2.24) is 0 Å². The fraction of sp³-hybridized carbons (Fsp3) is 0.500. The fourth-order valence-corrected chi connectivity index (χ4v) is 2.81. The minimum Gasteiger partial charge on any atom is -0.196 e. The molecule has 0 unspecified atom stereocenters. The smallest absolute Gasteiger partial charge is 0.196 e. The van der Waals surface area contributed by atoms with E-state index in [0.29, 0.717) is 0 Å². The fourth-order valence-electron chi connectivity index (χ4n) is 2.81. The first-order valence-electron chi connectivity index (χ1n) is 7.50. The number of rotatable bonds is 0. The van der Waals surface area contributed by atoms with E-state index in [2.05, 4.69) is 69.2 Å². The van der Waals surface area contributed by atoms with Gasteiger partial charge in [0.25, 0.3) is 0 Å². The summed E-state index contributed by atoms with van der Waals surface area (Å²) in [6.07, 6.45) is 0. The summed E-state index contributed by atoms with van der Waals surface area (Å²) in [6, 6.07) is 0. The van der Waals surface area contributed by atoms with Crippen molar-refractivity contribution in [3.05, 3.63) is 55.6 Å². The quantitative estimate of drug-likeness (QED) is 0.418. The molecule has 21 heavy (non-hydrogen) atoms. The van der Waals surface area contributed by atoms with Crippen LogP contribution in [0.15, 0.2) is 0 Å². The summed E-state index contributed by atoms with van der Waals surface area (Å²) >= 11 is 0. The Kier molecular flexibility index (Phi) is 7.19. The summed E-state index contributed by atoms with van der Waals surface area (Å²) in [5, 5.41) is 0. The van der Waals surface area contributed by atoms with Crippen LogP contribution in [-0.4, -0.2) is 0 Å². The molecule has 0 bridgehead atoms. The minimum atomic E-state index is 0. The Morgan fingerprint density at radius 3 is 0.619 bits per heavy atom. The predicted octanol–water partition coefficient (Wildman–Crippen LogP) is 5.89. The Balaban J connectivity index is 0.000000364. The van der Waals surface area contributed by atoms with Crippen molar-refractivity contribution in [3.8, 4) is 0 Å². The van der Waals surface area contributed by atoms with E-state index in [1.54, 1.807) is 0 Å². The number of hydrogen-bond donors (Lipinski definition) is 0. The van der Waals surface area contributed by atoms with Gasteiger partial charge in [0.15, 0.2) is 0 Å². The largest absolute Gasteiger partial charge is 2.00 e. The van der Waals surface area contributed by atoms with E-state index in [1.807, 2.05) is 0 Å². The van der Waals surface area contributed by atoms with Gasteiger partial charge in [0.1, 0.15) is 0 Å². The van der Waals surface area contributed by atoms with Crippen LogP contribution in [-0.2, 0) is 17.1 Å². The molecular formula is C20H30Fe. The molecule has 0 radical (unpaired) electrons. The second kappa shape index (κ2) is 7.47. The Labute approximate surface area is 142 Å². The van der Waals surface area contributed by atoms with Crippen molar-refractivity contribution in [1.29, 1.82) is 0 Å². The number of hydrogen-bond acceptors (Lipinski definition) is 0. The Hall–Kier alpha value is -0.781. The minimum absolute atomic E-state index is 0. The van der Waals surface area contributed by atoms with Crippen LogP contribution >= 0.6 is 0 Å². The van der Waals surface area contributed by atoms with Gasteiger partial charge in [-0.25, -0.2) is 0 Å². The van der Waals surface area contributed by atoms with Gasteiger partial charge >= 0.3 is 17.1 Å². The molecular weight excluding hydrogens is 296 g/mol. The van der Waals surface area contributed by atoms with Gasteiger partial charge in [0, 0.05) is 0 Å². The normalized spacial score (nSPS) is 10.0. The molecule has 0 nitrogen and oxygen atoms in total. The zero-order valence-corrected chi connectivity index (χ0v) is 16.5. The van der Waals surface area contributed by atoms with Crippen LogP contribution < -0.4 is 0 Å². The van der Waals surface area contributed by atoms with Gasteiger partial charge < -0.3 is 0 Å². The third kappa shape index (κ3) is 3.70. The van der Waals surface area contributed by atoms with Crippen LogP contribution in [0.25, 0.3) is 0 Å². The van der Waals surface area contributed by atoms with E-state index in [9.17, 15) is 0 Å². The van der Waals surface area contributed by atoms with Gasteiger partial charge in [-0.05, 0) is 0 Å². The molecule has 0 aliphatic heterocycles. The monoisotopic (exact) mass is 326 g/mol. The molecule has 0 amide bonds. The molecule has 0 aliphatic rings. The summed E-state index contributed by atoms with van der Waals surface area (Å²) in [5.41, 5.74) is 14.7. The van der Waals surface area contributed by atoms with Crippen LogP contribution in [0, 0.1) is 69.2 Å². The van der Waals surface area contributed by atoms with Gasteiger partial charge in [-0.2, -0.15) is 55.6 Å². The van der Waals surface area contributed by atoms with Crippen molar-refractivity contribution in [3.63, 3.8) is 0 Å². The van der Waals surface area contributed by atoms with E-state index >= 15 is 0 Å². The maximum Gasteiger partial charge on any atom is 2.00 e. The topological polar surface area (TPSA) is 0 Å². The average molecular weight is 326 g/mol. The molecule has 2 aromatic carbocycles. The summed E-state index contributed by atoms with van der Waals surface area (Å²) in [5.74, 6) is 0. The van der Waals surface area contributed by atoms with E-state index in [4.69, 9.17) is 0 Å². The first-order chi connectivity index (χ1) is 9.11. The van der Waals surface area contributed by atoms with Crippen LogP contribution in [0.2, 0.25) is 0 Å². The Bertz CT molecular complexity index is 404. The Morgan fingerprint density at radius 1 is 0.429 bits per heavy atom. The molecule has 118 valence electrons. The van der Waals surface area contributed by atoms with Crippen molar-refractivity contribution >= 4 is 0 Å². The Morgan fingerprint density at radius 2 is 0.571 bits per heavy atom. The van der Waals surface area contributed by atoms with Gasteiger partial charge in [-0.1, -0.05) is 69.2 Å². The second-order valence-corrected chi connectivity index (χ2v) is 6.25. The molecule has 0 aliphatic carbocycles. The van der Waals surface area contributed by atoms with Crippen LogP contribution in [0.3, 0.4) is 0 Å².